The molecular weight excluding hydrogens is 214 g/mol. The molecule has 3 nitrogen and oxygen atoms in total. The van der Waals surface area contributed by atoms with Gasteiger partial charge in [0.2, 0.25) is 0 Å². The topological polar surface area (TPSA) is 30.5 Å². The van der Waals surface area contributed by atoms with E-state index in [1.807, 2.05) is 19.2 Å². The summed E-state index contributed by atoms with van der Waals surface area (Å²) < 4.78 is 10.6. The zero-order chi connectivity index (χ0) is 13.1. The summed E-state index contributed by atoms with van der Waals surface area (Å²) in [5.41, 5.74) is 1.28. The largest absolute Gasteiger partial charge is 0.493 e. The maximum Gasteiger partial charge on any atom is 0.160 e. The van der Waals surface area contributed by atoms with Crippen LogP contribution in [0.2, 0.25) is 0 Å². The maximum atomic E-state index is 5.33. The van der Waals surface area contributed by atoms with Crippen molar-refractivity contribution in [2.75, 3.05) is 21.3 Å². The maximum absolute atomic E-state index is 5.33. The van der Waals surface area contributed by atoms with E-state index in [1.54, 1.807) is 14.2 Å². The summed E-state index contributed by atoms with van der Waals surface area (Å²) in [4.78, 5) is 0. The van der Waals surface area contributed by atoms with E-state index >= 15 is 0 Å². The Morgan fingerprint density at radius 1 is 1.12 bits per heavy atom. The number of hydrogen-bond donors (Lipinski definition) is 1. The van der Waals surface area contributed by atoms with Crippen LogP contribution in [0.15, 0.2) is 18.2 Å². The minimum absolute atomic E-state index is 0.0413. The molecule has 1 rings (SSSR count). The van der Waals surface area contributed by atoms with E-state index < -0.39 is 0 Å². The molecular formula is C14H23NO2. The van der Waals surface area contributed by atoms with Crippen molar-refractivity contribution >= 4 is 0 Å². The molecule has 1 unspecified atom stereocenters. The number of ether oxygens (including phenoxy) is 2. The van der Waals surface area contributed by atoms with Gasteiger partial charge in [0, 0.05) is 5.54 Å². The molecule has 1 atom stereocenters. The first-order valence-corrected chi connectivity index (χ1v) is 5.87. The number of benzene rings is 1. The smallest absolute Gasteiger partial charge is 0.160 e. The Labute approximate surface area is 104 Å². The molecule has 0 aromatic heterocycles. The van der Waals surface area contributed by atoms with Crippen molar-refractivity contribution in [3.05, 3.63) is 23.8 Å². The van der Waals surface area contributed by atoms with Gasteiger partial charge in [-0.1, -0.05) is 13.0 Å². The van der Waals surface area contributed by atoms with Gasteiger partial charge in [-0.25, -0.2) is 0 Å². The lowest BCUT2D eigenvalue weighted by Crippen LogP contribution is -2.41. The van der Waals surface area contributed by atoms with Gasteiger partial charge in [0.1, 0.15) is 0 Å². The monoisotopic (exact) mass is 237 g/mol. The van der Waals surface area contributed by atoms with Crippen molar-refractivity contribution in [1.29, 1.82) is 0 Å². The number of rotatable bonds is 5. The van der Waals surface area contributed by atoms with Crippen LogP contribution in [0.25, 0.3) is 0 Å². The molecule has 0 radical (unpaired) electrons. The summed E-state index contributed by atoms with van der Waals surface area (Å²) in [7, 11) is 5.30. The average Bonchev–Trinajstić information content (AvgIpc) is 2.36. The summed E-state index contributed by atoms with van der Waals surface area (Å²) in [5.74, 6) is 1.93. The predicted molar refractivity (Wildman–Crippen MR) is 71.1 cm³/mol. The van der Waals surface area contributed by atoms with Gasteiger partial charge in [0.15, 0.2) is 11.5 Å². The summed E-state index contributed by atoms with van der Waals surface area (Å²) in [6.45, 7) is 6.58. The van der Waals surface area contributed by atoms with Crippen LogP contribution in [0.4, 0.5) is 0 Å². The molecule has 0 aliphatic heterocycles. The van der Waals surface area contributed by atoms with Crippen molar-refractivity contribution in [3.8, 4) is 11.5 Å². The number of hydrogen-bond acceptors (Lipinski definition) is 3. The lowest BCUT2D eigenvalue weighted by Gasteiger charge is -2.32. The summed E-state index contributed by atoms with van der Waals surface area (Å²) in [5, 5.41) is 3.33. The van der Waals surface area contributed by atoms with E-state index in [0.29, 0.717) is 5.92 Å². The van der Waals surface area contributed by atoms with Crippen molar-refractivity contribution in [2.45, 2.75) is 32.2 Å². The van der Waals surface area contributed by atoms with Crippen LogP contribution in [-0.4, -0.2) is 26.8 Å². The Morgan fingerprint density at radius 3 is 2.18 bits per heavy atom. The predicted octanol–water partition coefficient (Wildman–Crippen LogP) is 2.81. The van der Waals surface area contributed by atoms with Crippen LogP contribution in [0, 0.1) is 0 Å². The molecule has 0 saturated heterocycles. The van der Waals surface area contributed by atoms with Crippen LogP contribution in [0.5, 0.6) is 11.5 Å². The van der Waals surface area contributed by atoms with Gasteiger partial charge >= 0.3 is 0 Å². The fourth-order valence-electron chi connectivity index (χ4n) is 1.76. The quantitative estimate of drug-likeness (QED) is 0.854. The van der Waals surface area contributed by atoms with Crippen LogP contribution in [0.1, 0.15) is 32.3 Å². The Balaban J connectivity index is 3.07. The standard InChI is InChI=1S/C14H23NO2/c1-10(14(2,3)15-4)11-7-8-12(16-5)13(9-11)17-6/h7-10,15H,1-6H3. The Kier molecular flexibility index (Phi) is 4.40. The van der Waals surface area contributed by atoms with Crippen LogP contribution in [0.3, 0.4) is 0 Å². The molecule has 0 aliphatic rings. The van der Waals surface area contributed by atoms with E-state index in [4.69, 9.17) is 9.47 Å². The normalized spacial score (nSPS) is 13.3. The fourth-order valence-corrected chi connectivity index (χ4v) is 1.76. The van der Waals surface area contributed by atoms with Gasteiger partial charge in [0.05, 0.1) is 14.2 Å². The summed E-state index contributed by atoms with van der Waals surface area (Å²) in [6, 6.07) is 6.09. The van der Waals surface area contributed by atoms with Crippen LogP contribution < -0.4 is 14.8 Å². The zero-order valence-electron chi connectivity index (χ0n) is 11.6. The Hall–Kier alpha value is -1.22. The summed E-state index contributed by atoms with van der Waals surface area (Å²) in [6.07, 6.45) is 0. The highest BCUT2D eigenvalue weighted by Gasteiger charge is 2.25. The van der Waals surface area contributed by atoms with Crippen LogP contribution in [-0.2, 0) is 0 Å². The minimum Gasteiger partial charge on any atom is -0.493 e. The third kappa shape index (κ3) is 2.91. The van der Waals surface area contributed by atoms with E-state index in [0.717, 1.165) is 11.5 Å². The number of methoxy groups -OCH3 is 2. The summed E-state index contributed by atoms with van der Waals surface area (Å²) >= 11 is 0. The van der Waals surface area contributed by atoms with E-state index in [-0.39, 0.29) is 5.54 Å². The second-order valence-electron chi connectivity index (χ2n) is 4.81. The first-order chi connectivity index (χ1) is 7.96. The van der Waals surface area contributed by atoms with Gasteiger partial charge in [-0.05, 0) is 44.5 Å². The second-order valence-corrected chi connectivity index (χ2v) is 4.81. The first-order valence-electron chi connectivity index (χ1n) is 5.87. The highest BCUT2D eigenvalue weighted by Crippen LogP contribution is 2.34. The first kappa shape index (κ1) is 13.8. The van der Waals surface area contributed by atoms with Gasteiger partial charge in [-0.2, -0.15) is 0 Å². The SMILES string of the molecule is CNC(C)(C)C(C)c1ccc(OC)c(OC)c1. The highest BCUT2D eigenvalue weighted by atomic mass is 16.5. The molecule has 0 aliphatic carbocycles. The molecule has 0 fully saturated rings. The van der Waals surface area contributed by atoms with Gasteiger partial charge < -0.3 is 14.8 Å². The Bertz CT molecular complexity index is 374. The van der Waals surface area contributed by atoms with Gasteiger partial charge in [0.25, 0.3) is 0 Å². The van der Waals surface area contributed by atoms with Crippen molar-refractivity contribution in [2.24, 2.45) is 0 Å². The van der Waals surface area contributed by atoms with Gasteiger partial charge in [-0.15, -0.1) is 0 Å². The van der Waals surface area contributed by atoms with E-state index in [2.05, 4.69) is 32.2 Å². The molecule has 0 bridgehead atoms. The molecule has 96 valence electrons. The molecule has 3 heteroatoms. The molecule has 0 amide bonds. The molecule has 0 spiro atoms. The minimum atomic E-state index is 0.0413. The molecule has 1 aromatic carbocycles. The van der Waals surface area contributed by atoms with Gasteiger partial charge in [-0.3, -0.25) is 0 Å². The molecule has 0 heterocycles. The second kappa shape index (κ2) is 5.41. The molecule has 1 N–H and O–H groups in total. The van der Waals surface area contributed by atoms with Crippen molar-refractivity contribution in [3.63, 3.8) is 0 Å². The zero-order valence-corrected chi connectivity index (χ0v) is 11.6. The highest BCUT2D eigenvalue weighted by molar-refractivity contribution is 5.44. The third-order valence-corrected chi connectivity index (χ3v) is 3.63. The number of nitrogens with one attached hydrogen (secondary N) is 1. The van der Waals surface area contributed by atoms with E-state index in [1.165, 1.54) is 5.56 Å². The lowest BCUT2D eigenvalue weighted by molar-refractivity contribution is 0.346. The molecule has 0 saturated carbocycles. The van der Waals surface area contributed by atoms with Crippen LogP contribution >= 0.6 is 0 Å². The fraction of sp³-hybridized carbons (Fsp3) is 0.571. The third-order valence-electron chi connectivity index (χ3n) is 3.63. The average molecular weight is 237 g/mol. The molecule has 1 aromatic rings. The van der Waals surface area contributed by atoms with E-state index in [9.17, 15) is 0 Å². The number of likely N-dealkylation sites (N-methyl/N-ethyl adjacent to an activating group) is 1. The Morgan fingerprint density at radius 2 is 1.71 bits per heavy atom. The molecule has 17 heavy (non-hydrogen) atoms. The lowest BCUT2D eigenvalue weighted by atomic mass is 9.83. The van der Waals surface area contributed by atoms with Crippen molar-refractivity contribution in [1.82, 2.24) is 5.32 Å². The van der Waals surface area contributed by atoms with Crippen molar-refractivity contribution < 1.29 is 9.47 Å².